The fourth-order valence-corrected chi connectivity index (χ4v) is 3.67. The normalized spacial score (nSPS) is 31.6. The molecule has 4 heteroatoms. The first kappa shape index (κ1) is 14.1. The van der Waals surface area contributed by atoms with E-state index in [4.69, 9.17) is 4.52 Å². The quantitative estimate of drug-likeness (QED) is 0.893. The molecule has 1 N–H and O–H groups in total. The molecular formula is C16H27N3O. The number of nitrogens with zero attached hydrogens (tertiary/aromatic N) is 2. The van der Waals surface area contributed by atoms with Gasteiger partial charge in [-0.2, -0.15) is 4.98 Å². The first-order valence-corrected chi connectivity index (χ1v) is 8.11. The molecule has 2 heterocycles. The van der Waals surface area contributed by atoms with Crippen LogP contribution in [-0.2, 0) is 0 Å². The molecule has 0 bridgehead atoms. The van der Waals surface area contributed by atoms with E-state index in [-0.39, 0.29) is 0 Å². The van der Waals surface area contributed by atoms with Gasteiger partial charge in [-0.1, -0.05) is 25.9 Å². The van der Waals surface area contributed by atoms with E-state index >= 15 is 0 Å². The Hall–Kier alpha value is -0.900. The van der Waals surface area contributed by atoms with Crippen molar-refractivity contribution in [1.29, 1.82) is 0 Å². The summed E-state index contributed by atoms with van der Waals surface area (Å²) in [6.07, 6.45) is 7.31. The standard InChI is InChI=1S/C16H27N3O/c1-16(2,3)12-8-6-11(7-9-12)15-18-14(19-20-15)13-5-4-10-17-13/h11-13,17H,4-10H2,1-3H3. The Kier molecular flexibility index (Phi) is 3.85. The van der Waals surface area contributed by atoms with E-state index in [1.807, 2.05) is 0 Å². The maximum atomic E-state index is 5.54. The SMILES string of the molecule is CC(C)(C)C1CCC(c2nc(C3CCCN3)no2)CC1. The van der Waals surface area contributed by atoms with Crippen LogP contribution in [0.1, 0.15) is 83.0 Å². The van der Waals surface area contributed by atoms with Crippen molar-refractivity contribution in [3.63, 3.8) is 0 Å². The summed E-state index contributed by atoms with van der Waals surface area (Å²) in [5, 5.41) is 7.62. The summed E-state index contributed by atoms with van der Waals surface area (Å²) in [5.41, 5.74) is 0.429. The molecule has 1 aliphatic heterocycles. The summed E-state index contributed by atoms with van der Waals surface area (Å²) in [4.78, 5) is 4.66. The van der Waals surface area contributed by atoms with Gasteiger partial charge < -0.3 is 9.84 Å². The lowest BCUT2D eigenvalue weighted by Gasteiger charge is -2.35. The predicted molar refractivity (Wildman–Crippen MR) is 78.4 cm³/mol. The third-order valence-electron chi connectivity index (χ3n) is 5.13. The molecule has 2 aliphatic rings. The topological polar surface area (TPSA) is 51.0 Å². The lowest BCUT2D eigenvalue weighted by molar-refractivity contribution is 0.159. The Balaban J connectivity index is 1.61. The zero-order valence-electron chi connectivity index (χ0n) is 13.0. The molecule has 1 unspecified atom stereocenters. The maximum Gasteiger partial charge on any atom is 0.229 e. The Morgan fingerprint density at radius 3 is 2.45 bits per heavy atom. The van der Waals surface area contributed by atoms with Crippen LogP contribution in [0.2, 0.25) is 0 Å². The van der Waals surface area contributed by atoms with Crippen molar-refractivity contribution >= 4 is 0 Å². The molecule has 0 spiro atoms. The van der Waals surface area contributed by atoms with Gasteiger partial charge in [0, 0.05) is 5.92 Å². The minimum Gasteiger partial charge on any atom is -0.339 e. The average Bonchev–Trinajstić information content (AvgIpc) is 3.09. The van der Waals surface area contributed by atoms with Crippen LogP contribution in [0.4, 0.5) is 0 Å². The molecule has 20 heavy (non-hydrogen) atoms. The summed E-state index contributed by atoms with van der Waals surface area (Å²) in [6, 6.07) is 0.318. The molecule has 3 rings (SSSR count). The van der Waals surface area contributed by atoms with Gasteiger partial charge in [0.1, 0.15) is 0 Å². The Morgan fingerprint density at radius 1 is 1.10 bits per heavy atom. The molecule has 1 aromatic rings. The average molecular weight is 277 g/mol. The van der Waals surface area contributed by atoms with E-state index in [1.165, 1.54) is 32.1 Å². The van der Waals surface area contributed by atoms with Gasteiger partial charge in [0.05, 0.1) is 6.04 Å². The van der Waals surface area contributed by atoms with Crippen molar-refractivity contribution in [1.82, 2.24) is 15.5 Å². The van der Waals surface area contributed by atoms with Gasteiger partial charge in [-0.15, -0.1) is 0 Å². The van der Waals surface area contributed by atoms with Crippen LogP contribution in [-0.4, -0.2) is 16.7 Å². The van der Waals surface area contributed by atoms with Crippen molar-refractivity contribution in [2.75, 3.05) is 6.54 Å². The summed E-state index contributed by atoms with van der Waals surface area (Å²) < 4.78 is 5.54. The van der Waals surface area contributed by atoms with E-state index in [0.717, 1.165) is 30.6 Å². The Labute approximate surface area is 121 Å². The second kappa shape index (κ2) is 5.47. The zero-order chi connectivity index (χ0) is 14.2. The Morgan fingerprint density at radius 2 is 1.85 bits per heavy atom. The van der Waals surface area contributed by atoms with E-state index in [0.29, 0.717) is 17.4 Å². The second-order valence-electron chi connectivity index (χ2n) is 7.55. The van der Waals surface area contributed by atoms with Crippen molar-refractivity contribution in [3.05, 3.63) is 11.7 Å². The molecule has 112 valence electrons. The molecule has 2 fully saturated rings. The van der Waals surface area contributed by atoms with Gasteiger partial charge in [-0.05, 0) is 56.4 Å². The predicted octanol–water partition coefficient (Wildman–Crippen LogP) is 3.81. The van der Waals surface area contributed by atoms with Gasteiger partial charge in [-0.25, -0.2) is 0 Å². The lowest BCUT2D eigenvalue weighted by Crippen LogP contribution is -2.25. The summed E-state index contributed by atoms with van der Waals surface area (Å²) >= 11 is 0. The van der Waals surface area contributed by atoms with Crippen LogP contribution >= 0.6 is 0 Å². The number of rotatable bonds is 2. The van der Waals surface area contributed by atoms with E-state index in [9.17, 15) is 0 Å². The fourth-order valence-electron chi connectivity index (χ4n) is 3.67. The molecule has 0 aromatic carbocycles. The van der Waals surface area contributed by atoms with Crippen molar-refractivity contribution < 1.29 is 4.52 Å². The third kappa shape index (κ3) is 2.90. The number of hydrogen-bond donors (Lipinski definition) is 1. The first-order valence-electron chi connectivity index (χ1n) is 8.11. The first-order chi connectivity index (χ1) is 9.54. The molecule has 1 atom stereocenters. The van der Waals surface area contributed by atoms with Crippen LogP contribution in [0.5, 0.6) is 0 Å². The van der Waals surface area contributed by atoms with E-state index in [2.05, 4.69) is 36.2 Å². The van der Waals surface area contributed by atoms with E-state index < -0.39 is 0 Å². The van der Waals surface area contributed by atoms with Crippen LogP contribution < -0.4 is 5.32 Å². The Bertz CT molecular complexity index is 435. The van der Waals surface area contributed by atoms with Crippen molar-refractivity contribution in [3.8, 4) is 0 Å². The highest BCUT2D eigenvalue weighted by Gasteiger charge is 2.33. The van der Waals surface area contributed by atoms with Crippen LogP contribution in [0.3, 0.4) is 0 Å². The molecule has 4 nitrogen and oxygen atoms in total. The van der Waals surface area contributed by atoms with Gasteiger partial charge in [-0.3, -0.25) is 0 Å². The highest BCUT2D eigenvalue weighted by molar-refractivity contribution is 5.01. The van der Waals surface area contributed by atoms with Gasteiger partial charge in [0.25, 0.3) is 0 Å². The van der Waals surface area contributed by atoms with Crippen LogP contribution in [0.15, 0.2) is 4.52 Å². The minimum atomic E-state index is 0.318. The summed E-state index contributed by atoms with van der Waals surface area (Å²) in [5.74, 6) is 3.06. The monoisotopic (exact) mass is 277 g/mol. The fraction of sp³-hybridized carbons (Fsp3) is 0.875. The van der Waals surface area contributed by atoms with Gasteiger partial charge >= 0.3 is 0 Å². The van der Waals surface area contributed by atoms with Crippen molar-refractivity contribution in [2.24, 2.45) is 11.3 Å². The van der Waals surface area contributed by atoms with Crippen LogP contribution in [0.25, 0.3) is 0 Å². The number of nitrogens with one attached hydrogen (secondary N) is 1. The molecule has 0 radical (unpaired) electrons. The molecule has 1 saturated heterocycles. The summed E-state index contributed by atoms with van der Waals surface area (Å²) in [6.45, 7) is 8.14. The molecule has 0 amide bonds. The highest BCUT2D eigenvalue weighted by atomic mass is 16.5. The maximum absolute atomic E-state index is 5.54. The third-order valence-corrected chi connectivity index (χ3v) is 5.13. The lowest BCUT2D eigenvalue weighted by atomic mass is 9.70. The number of aromatic nitrogens is 2. The smallest absolute Gasteiger partial charge is 0.229 e. The molecule has 1 aliphatic carbocycles. The van der Waals surface area contributed by atoms with Gasteiger partial charge in [0.2, 0.25) is 5.89 Å². The summed E-state index contributed by atoms with van der Waals surface area (Å²) in [7, 11) is 0. The molecule has 1 saturated carbocycles. The van der Waals surface area contributed by atoms with E-state index in [1.54, 1.807) is 0 Å². The highest BCUT2D eigenvalue weighted by Crippen LogP contribution is 2.42. The minimum absolute atomic E-state index is 0.318. The number of hydrogen-bond acceptors (Lipinski definition) is 4. The molecular weight excluding hydrogens is 250 g/mol. The second-order valence-corrected chi connectivity index (χ2v) is 7.55. The zero-order valence-corrected chi connectivity index (χ0v) is 13.0. The van der Waals surface area contributed by atoms with Crippen LogP contribution in [0, 0.1) is 11.3 Å². The van der Waals surface area contributed by atoms with Gasteiger partial charge in [0.15, 0.2) is 5.82 Å². The largest absolute Gasteiger partial charge is 0.339 e. The molecule has 1 aromatic heterocycles. The van der Waals surface area contributed by atoms with Crippen molar-refractivity contribution in [2.45, 2.75) is 71.3 Å².